The van der Waals surface area contributed by atoms with Crippen molar-refractivity contribution >= 4 is 12.1 Å². The summed E-state index contributed by atoms with van der Waals surface area (Å²) in [6, 6.07) is 20.4. The Bertz CT molecular complexity index is 1080. The molecule has 31 heavy (non-hydrogen) atoms. The second-order valence-electron chi connectivity index (χ2n) is 6.68. The number of hydrogen-bond donors (Lipinski definition) is 1. The number of rotatable bonds is 8. The Kier molecular flexibility index (Phi) is 6.32. The van der Waals surface area contributed by atoms with E-state index in [2.05, 4.69) is 10.5 Å². The lowest BCUT2D eigenvalue weighted by Crippen LogP contribution is -2.17. The number of hydrogen-bond acceptors (Lipinski definition) is 6. The zero-order valence-electron chi connectivity index (χ0n) is 17.0. The predicted octanol–water partition coefficient (Wildman–Crippen LogP) is 4.16. The molecular weight excluding hydrogens is 396 g/mol. The SMILES string of the molecule is CCOc1cc(/C=N\NC(=O)c2ccc3c(c2)OCO3)ccc1OCc1ccccc1. The van der Waals surface area contributed by atoms with Crippen molar-refractivity contribution in [3.05, 3.63) is 83.4 Å². The van der Waals surface area contributed by atoms with Gasteiger partial charge in [0.25, 0.3) is 5.91 Å². The van der Waals surface area contributed by atoms with Gasteiger partial charge >= 0.3 is 0 Å². The summed E-state index contributed by atoms with van der Waals surface area (Å²) >= 11 is 0. The normalized spacial score (nSPS) is 12.0. The van der Waals surface area contributed by atoms with E-state index in [-0.39, 0.29) is 12.7 Å². The molecule has 0 unspecified atom stereocenters. The molecule has 1 N–H and O–H groups in total. The molecule has 1 amide bonds. The van der Waals surface area contributed by atoms with E-state index in [0.717, 1.165) is 11.1 Å². The van der Waals surface area contributed by atoms with Crippen LogP contribution < -0.4 is 24.4 Å². The molecule has 0 aromatic heterocycles. The second-order valence-corrected chi connectivity index (χ2v) is 6.68. The Morgan fingerprint density at radius 1 is 1.00 bits per heavy atom. The van der Waals surface area contributed by atoms with E-state index in [1.807, 2.05) is 55.5 Å². The third-order valence-electron chi connectivity index (χ3n) is 4.52. The minimum Gasteiger partial charge on any atom is -0.490 e. The zero-order chi connectivity index (χ0) is 21.5. The van der Waals surface area contributed by atoms with E-state index in [1.54, 1.807) is 24.4 Å². The van der Waals surface area contributed by atoms with Gasteiger partial charge < -0.3 is 18.9 Å². The number of fused-ring (bicyclic) bond motifs is 1. The number of benzene rings is 3. The van der Waals surface area contributed by atoms with Crippen LogP contribution in [0.15, 0.2) is 71.8 Å². The molecule has 0 fully saturated rings. The average molecular weight is 418 g/mol. The van der Waals surface area contributed by atoms with Crippen molar-refractivity contribution in [2.24, 2.45) is 5.10 Å². The van der Waals surface area contributed by atoms with E-state index < -0.39 is 0 Å². The molecule has 0 spiro atoms. The number of carbonyl (C=O) groups excluding carboxylic acids is 1. The summed E-state index contributed by atoms with van der Waals surface area (Å²) in [5.41, 5.74) is 4.78. The highest BCUT2D eigenvalue weighted by molar-refractivity contribution is 5.95. The largest absolute Gasteiger partial charge is 0.490 e. The van der Waals surface area contributed by atoms with Crippen LogP contribution in [0.5, 0.6) is 23.0 Å². The highest BCUT2D eigenvalue weighted by Gasteiger charge is 2.16. The summed E-state index contributed by atoms with van der Waals surface area (Å²) in [6.45, 7) is 3.02. The fraction of sp³-hybridized carbons (Fsp3) is 0.167. The first-order chi connectivity index (χ1) is 15.2. The average Bonchev–Trinajstić information content (AvgIpc) is 3.27. The molecule has 1 heterocycles. The Balaban J connectivity index is 1.40. The third kappa shape index (κ3) is 5.14. The maximum Gasteiger partial charge on any atom is 0.271 e. The molecule has 0 saturated carbocycles. The van der Waals surface area contributed by atoms with Crippen LogP contribution in [-0.4, -0.2) is 25.5 Å². The van der Waals surface area contributed by atoms with Gasteiger partial charge in [-0.1, -0.05) is 30.3 Å². The lowest BCUT2D eigenvalue weighted by Gasteiger charge is -2.12. The van der Waals surface area contributed by atoms with Gasteiger partial charge in [-0.3, -0.25) is 4.79 Å². The van der Waals surface area contributed by atoms with Crippen LogP contribution in [0.25, 0.3) is 0 Å². The van der Waals surface area contributed by atoms with Crippen molar-refractivity contribution in [2.75, 3.05) is 13.4 Å². The van der Waals surface area contributed by atoms with Crippen LogP contribution in [0.2, 0.25) is 0 Å². The first-order valence-corrected chi connectivity index (χ1v) is 9.89. The summed E-state index contributed by atoms with van der Waals surface area (Å²) in [5, 5.41) is 4.04. The minimum absolute atomic E-state index is 0.159. The molecule has 1 aliphatic heterocycles. The molecule has 0 bridgehead atoms. The van der Waals surface area contributed by atoms with Crippen LogP contribution in [0.3, 0.4) is 0 Å². The molecule has 0 atom stereocenters. The highest BCUT2D eigenvalue weighted by Crippen LogP contribution is 2.32. The van der Waals surface area contributed by atoms with Gasteiger partial charge in [0.2, 0.25) is 6.79 Å². The predicted molar refractivity (Wildman–Crippen MR) is 116 cm³/mol. The summed E-state index contributed by atoms with van der Waals surface area (Å²) in [7, 11) is 0. The van der Waals surface area contributed by atoms with Gasteiger partial charge in [0, 0.05) is 5.56 Å². The van der Waals surface area contributed by atoms with E-state index in [0.29, 0.717) is 41.8 Å². The van der Waals surface area contributed by atoms with Crippen molar-refractivity contribution in [3.63, 3.8) is 0 Å². The quantitative estimate of drug-likeness (QED) is 0.439. The van der Waals surface area contributed by atoms with Crippen molar-refractivity contribution in [1.29, 1.82) is 0 Å². The molecule has 1 aliphatic rings. The fourth-order valence-electron chi connectivity index (χ4n) is 3.00. The topological polar surface area (TPSA) is 78.4 Å². The summed E-state index contributed by atoms with van der Waals surface area (Å²) < 4.78 is 22.2. The smallest absolute Gasteiger partial charge is 0.271 e. The Morgan fingerprint density at radius 3 is 2.68 bits per heavy atom. The summed E-state index contributed by atoms with van der Waals surface area (Å²) in [6.07, 6.45) is 1.55. The lowest BCUT2D eigenvalue weighted by atomic mass is 10.2. The summed E-state index contributed by atoms with van der Waals surface area (Å²) in [4.78, 5) is 12.3. The van der Waals surface area contributed by atoms with Crippen LogP contribution in [0.4, 0.5) is 0 Å². The fourth-order valence-corrected chi connectivity index (χ4v) is 3.00. The molecule has 7 heteroatoms. The Hall–Kier alpha value is -4.00. The van der Waals surface area contributed by atoms with Crippen LogP contribution >= 0.6 is 0 Å². The van der Waals surface area contributed by atoms with Gasteiger partial charge in [-0.05, 0) is 54.4 Å². The van der Waals surface area contributed by atoms with Gasteiger partial charge in [-0.15, -0.1) is 0 Å². The monoisotopic (exact) mass is 418 g/mol. The van der Waals surface area contributed by atoms with Gasteiger partial charge in [0.1, 0.15) is 6.61 Å². The van der Waals surface area contributed by atoms with E-state index in [1.165, 1.54) is 0 Å². The van der Waals surface area contributed by atoms with Gasteiger partial charge in [-0.25, -0.2) is 5.43 Å². The van der Waals surface area contributed by atoms with Gasteiger partial charge in [0.15, 0.2) is 23.0 Å². The molecule has 158 valence electrons. The molecule has 0 radical (unpaired) electrons. The van der Waals surface area contributed by atoms with Gasteiger partial charge in [0.05, 0.1) is 12.8 Å². The molecule has 7 nitrogen and oxygen atoms in total. The lowest BCUT2D eigenvalue weighted by molar-refractivity contribution is 0.0954. The molecule has 0 aliphatic carbocycles. The van der Waals surface area contributed by atoms with Crippen LogP contribution in [-0.2, 0) is 6.61 Å². The van der Waals surface area contributed by atoms with E-state index >= 15 is 0 Å². The number of nitrogens with zero attached hydrogens (tertiary/aromatic N) is 1. The molecular formula is C24H22N2O5. The number of nitrogens with one attached hydrogen (secondary N) is 1. The Labute approximate surface area is 180 Å². The van der Waals surface area contributed by atoms with Crippen molar-refractivity contribution in [3.8, 4) is 23.0 Å². The third-order valence-corrected chi connectivity index (χ3v) is 4.52. The number of amides is 1. The number of ether oxygens (including phenoxy) is 4. The van der Waals surface area contributed by atoms with Crippen molar-refractivity contribution in [2.45, 2.75) is 13.5 Å². The minimum atomic E-state index is -0.345. The summed E-state index contributed by atoms with van der Waals surface area (Å²) in [5.74, 6) is 2.08. The van der Waals surface area contributed by atoms with E-state index in [4.69, 9.17) is 18.9 Å². The van der Waals surface area contributed by atoms with Crippen LogP contribution in [0.1, 0.15) is 28.4 Å². The number of hydrazone groups is 1. The zero-order valence-corrected chi connectivity index (χ0v) is 17.0. The standard InChI is InChI=1S/C24H22N2O5/c1-2-28-22-12-18(8-10-20(22)29-15-17-6-4-3-5-7-17)14-25-26-24(27)19-9-11-21-23(13-19)31-16-30-21/h3-14H,2,15-16H2,1H3,(H,26,27)/b25-14-. The van der Waals surface area contributed by atoms with Crippen molar-refractivity contribution < 1.29 is 23.7 Å². The number of carbonyl (C=O) groups is 1. The Morgan fingerprint density at radius 2 is 1.84 bits per heavy atom. The molecule has 0 saturated heterocycles. The van der Waals surface area contributed by atoms with E-state index in [9.17, 15) is 4.79 Å². The molecule has 3 aromatic rings. The molecule has 4 rings (SSSR count). The van der Waals surface area contributed by atoms with Gasteiger partial charge in [-0.2, -0.15) is 5.10 Å². The second kappa shape index (κ2) is 9.67. The highest BCUT2D eigenvalue weighted by atomic mass is 16.7. The van der Waals surface area contributed by atoms with Crippen LogP contribution in [0, 0.1) is 0 Å². The first-order valence-electron chi connectivity index (χ1n) is 9.89. The maximum atomic E-state index is 12.3. The molecule has 3 aromatic carbocycles. The first kappa shape index (κ1) is 20.3. The van der Waals surface area contributed by atoms with Crippen molar-refractivity contribution in [1.82, 2.24) is 5.43 Å². The maximum absolute atomic E-state index is 12.3.